The maximum Gasteiger partial charge on any atom is 0.239 e. The fraction of sp³-hybridized carbons (Fsp3) is 0.111. The van der Waals surface area contributed by atoms with Crippen LogP contribution in [-0.4, -0.2) is 24.3 Å². The van der Waals surface area contributed by atoms with Crippen molar-refractivity contribution in [1.29, 1.82) is 0 Å². The molecule has 1 amide bonds. The minimum Gasteiger partial charge on any atom is -0.369 e. The number of hydrogen-bond donors (Lipinski definition) is 3. The molecule has 7 nitrogen and oxygen atoms in total. The normalized spacial score (nSPS) is 22.7. The van der Waals surface area contributed by atoms with Crippen molar-refractivity contribution in [2.75, 3.05) is 0 Å². The molecule has 0 radical (unpaired) electrons. The Hall–Kier alpha value is -2.52. The van der Waals surface area contributed by atoms with Crippen LogP contribution < -0.4 is 16.6 Å². The van der Waals surface area contributed by atoms with Gasteiger partial charge in [-0.2, -0.15) is 0 Å². The number of primary amides is 1. The van der Waals surface area contributed by atoms with E-state index in [1.165, 1.54) is 12.1 Å². The third-order valence-electron chi connectivity index (χ3n) is 4.27. The second-order valence-corrected chi connectivity index (χ2v) is 8.31. The summed E-state index contributed by atoms with van der Waals surface area (Å²) in [6.07, 6.45) is 4.44. The van der Waals surface area contributed by atoms with Crippen LogP contribution in [0.2, 0.25) is 0 Å². The summed E-state index contributed by atoms with van der Waals surface area (Å²) in [6, 6.07) is 12.0. The van der Waals surface area contributed by atoms with Gasteiger partial charge in [0, 0.05) is 11.8 Å². The van der Waals surface area contributed by atoms with E-state index < -0.39 is 26.8 Å². The molecule has 6 N–H and O–H groups in total. The Labute approximate surface area is 161 Å². The molecule has 27 heavy (non-hydrogen) atoms. The van der Waals surface area contributed by atoms with E-state index in [2.05, 4.69) is 4.98 Å². The van der Waals surface area contributed by atoms with Gasteiger partial charge in [0.1, 0.15) is 9.89 Å². The second kappa shape index (κ2) is 6.90. The van der Waals surface area contributed by atoms with Gasteiger partial charge in [-0.1, -0.05) is 48.0 Å². The summed E-state index contributed by atoms with van der Waals surface area (Å²) in [5.74, 6) is -1.68. The average molecular weight is 405 g/mol. The number of benzene rings is 1. The van der Waals surface area contributed by atoms with Gasteiger partial charge in [0.25, 0.3) is 0 Å². The number of pyridine rings is 1. The van der Waals surface area contributed by atoms with Crippen molar-refractivity contribution < 1.29 is 13.2 Å². The van der Waals surface area contributed by atoms with Crippen molar-refractivity contribution >= 4 is 38.7 Å². The van der Waals surface area contributed by atoms with E-state index in [9.17, 15) is 13.2 Å². The lowest BCUT2D eigenvalue weighted by molar-refractivity contribution is -0.120. The monoisotopic (exact) mass is 404 g/mol. The van der Waals surface area contributed by atoms with Crippen LogP contribution in [0.25, 0.3) is 11.1 Å². The minimum atomic E-state index is -3.89. The molecular formula is C18H17ClN4O3S. The van der Waals surface area contributed by atoms with Crippen molar-refractivity contribution in [2.24, 2.45) is 22.5 Å². The molecule has 1 aromatic heterocycles. The fourth-order valence-corrected chi connectivity index (χ4v) is 3.64. The standard InChI is InChI=1S/C18H17ClN4O3S/c19-18(21)14(16-7-6-13(10-23-16)27(22,25)26)8-12(9-15(18)17(20)24)11-4-2-1-3-5-11/h1-10,15H,21H2,(H2,20,24)(H2,22,25,26). The Balaban J connectivity index is 2.15. The minimum absolute atomic E-state index is 0.148. The van der Waals surface area contributed by atoms with Gasteiger partial charge in [-0.15, -0.1) is 0 Å². The maximum atomic E-state index is 12.0. The Bertz CT molecular complexity index is 1050. The highest BCUT2D eigenvalue weighted by atomic mass is 35.5. The number of sulfonamides is 1. The number of nitrogens with zero attached hydrogens (tertiary/aromatic N) is 1. The molecular weight excluding hydrogens is 388 g/mol. The van der Waals surface area contributed by atoms with E-state index in [1.807, 2.05) is 30.3 Å². The Morgan fingerprint density at radius 3 is 2.33 bits per heavy atom. The van der Waals surface area contributed by atoms with Crippen LogP contribution in [0.5, 0.6) is 0 Å². The zero-order valence-corrected chi connectivity index (χ0v) is 15.6. The Morgan fingerprint density at radius 2 is 1.81 bits per heavy atom. The smallest absolute Gasteiger partial charge is 0.239 e. The predicted molar refractivity (Wildman–Crippen MR) is 103 cm³/mol. The first-order valence-electron chi connectivity index (χ1n) is 7.86. The first-order chi connectivity index (χ1) is 12.6. The van der Waals surface area contributed by atoms with E-state index in [-0.39, 0.29) is 4.90 Å². The number of hydrogen-bond acceptors (Lipinski definition) is 5. The van der Waals surface area contributed by atoms with E-state index >= 15 is 0 Å². The summed E-state index contributed by atoms with van der Waals surface area (Å²) >= 11 is 6.50. The third kappa shape index (κ3) is 3.79. The van der Waals surface area contributed by atoms with Crippen molar-refractivity contribution in [3.63, 3.8) is 0 Å². The zero-order chi connectivity index (χ0) is 19.8. The lowest BCUT2D eigenvalue weighted by atomic mass is 9.81. The van der Waals surface area contributed by atoms with Gasteiger partial charge in [0.2, 0.25) is 15.9 Å². The van der Waals surface area contributed by atoms with E-state index in [0.717, 1.165) is 11.8 Å². The van der Waals surface area contributed by atoms with Gasteiger partial charge in [-0.05, 0) is 29.3 Å². The molecule has 3 rings (SSSR count). The number of alkyl halides is 1. The average Bonchev–Trinajstić information content (AvgIpc) is 2.61. The van der Waals surface area contributed by atoms with Gasteiger partial charge in [0.05, 0.1) is 11.6 Å². The fourth-order valence-electron chi connectivity index (χ4n) is 2.86. The highest BCUT2D eigenvalue weighted by Gasteiger charge is 2.43. The van der Waals surface area contributed by atoms with E-state index in [4.69, 9.17) is 28.2 Å². The number of primary sulfonamides is 1. The molecule has 0 spiro atoms. The molecule has 140 valence electrons. The predicted octanol–water partition coefficient (Wildman–Crippen LogP) is 1.20. The summed E-state index contributed by atoms with van der Waals surface area (Å²) in [7, 11) is -3.89. The van der Waals surface area contributed by atoms with Gasteiger partial charge >= 0.3 is 0 Å². The van der Waals surface area contributed by atoms with Crippen LogP contribution in [-0.2, 0) is 14.8 Å². The Kier molecular flexibility index (Phi) is 4.92. The second-order valence-electron chi connectivity index (χ2n) is 6.12. The lowest BCUT2D eigenvalue weighted by Crippen LogP contribution is -2.49. The summed E-state index contributed by atoms with van der Waals surface area (Å²) in [5.41, 5.74) is 13.9. The molecule has 0 saturated carbocycles. The van der Waals surface area contributed by atoms with Crippen molar-refractivity contribution in [1.82, 2.24) is 4.98 Å². The van der Waals surface area contributed by atoms with Crippen LogP contribution in [0.3, 0.4) is 0 Å². The molecule has 0 fully saturated rings. The summed E-state index contributed by atoms with van der Waals surface area (Å²) < 4.78 is 22.9. The molecule has 1 aromatic carbocycles. The number of allylic oxidation sites excluding steroid dienone is 2. The number of carbonyl (C=O) groups excluding carboxylic acids is 1. The van der Waals surface area contributed by atoms with Gasteiger partial charge in [0.15, 0.2) is 0 Å². The van der Waals surface area contributed by atoms with Crippen LogP contribution >= 0.6 is 11.6 Å². The van der Waals surface area contributed by atoms with Gasteiger partial charge in [-0.3, -0.25) is 9.78 Å². The first-order valence-corrected chi connectivity index (χ1v) is 9.79. The molecule has 1 heterocycles. The number of rotatable bonds is 4. The summed E-state index contributed by atoms with van der Waals surface area (Å²) in [5, 5.41) is 5.09. The van der Waals surface area contributed by atoms with E-state index in [0.29, 0.717) is 16.8 Å². The highest BCUT2D eigenvalue weighted by molar-refractivity contribution is 7.89. The third-order valence-corrected chi connectivity index (χ3v) is 5.60. The molecule has 1 aliphatic rings. The molecule has 2 atom stereocenters. The van der Waals surface area contributed by atoms with Gasteiger partial charge < -0.3 is 11.5 Å². The van der Waals surface area contributed by atoms with Crippen molar-refractivity contribution in [2.45, 2.75) is 9.89 Å². The first kappa shape index (κ1) is 19.2. The molecule has 0 saturated heterocycles. The number of halogens is 1. The van der Waals surface area contributed by atoms with Crippen molar-refractivity contribution in [3.8, 4) is 0 Å². The molecule has 2 aromatic rings. The van der Waals surface area contributed by atoms with E-state index in [1.54, 1.807) is 12.2 Å². The van der Waals surface area contributed by atoms with Crippen LogP contribution in [0.1, 0.15) is 11.3 Å². The van der Waals surface area contributed by atoms with Gasteiger partial charge in [-0.25, -0.2) is 13.6 Å². The van der Waals surface area contributed by atoms with Crippen LogP contribution in [0.15, 0.2) is 65.7 Å². The molecule has 1 aliphatic carbocycles. The lowest BCUT2D eigenvalue weighted by Gasteiger charge is -2.34. The largest absolute Gasteiger partial charge is 0.369 e. The highest BCUT2D eigenvalue weighted by Crippen LogP contribution is 2.42. The van der Waals surface area contributed by atoms with Crippen molar-refractivity contribution in [3.05, 3.63) is 72.1 Å². The number of aromatic nitrogens is 1. The maximum absolute atomic E-state index is 12.0. The topological polar surface area (TPSA) is 142 Å². The SMILES string of the molecule is NC(=O)C1C=C(c2ccccc2)C=C(c2ccc(S(N)(=O)=O)cn2)C1(N)Cl. The quantitative estimate of drug-likeness (QED) is 0.518. The van der Waals surface area contributed by atoms with Crippen LogP contribution in [0.4, 0.5) is 0 Å². The molecule has 0 aliphatic heterocycles. The molecule has 0 bridgehead atoms. The van der Waals surface area contributed by atoms with Crippen LogP contribution in [0, 0.1) is 5.92 Å². The number of amides is 1. The molecule has 9 heteroatoms. The number of nitrogens with two attached hydrogens (primary N) is 3. The number of carbonyl (C=O) groups is 1. The summed E-state index contributed by atoms with van der Waals surface area (Å²) in [6.45, 7) is 0. The molecule has 2 unspecified atom stereocenters. The summed E-state index contributed by atoms with van der Waals surface area (Å²) in [4.78, 5) is 14.3. The zero-order valence-electron chi connectivity index (χ0n) is 14.0. The Morgan fingerprint density at radius 1 is 1.15 bits per heavy atom.